The summed E-state index contributed by atoms with van der Waals surface area (Å²) in [5, 5.41) is 2.96. The topological polar surface area (TPSA) is 44.9 Å². The molecule has 1 aromatic heterocycles. The van der Waals surface area contributed by atoms with E-state index in [2.05, 4.69) is 10.3 Å². The molecule has 0 aromatic carbocycles. The van der Waals surface area contributed by atoms with Crippen LogP contribution in [0.15, 0.2) is 18.5 Å². The van der Waals surface area contributed by atoms with Crippen molar-refractivity contribution in [3.8, 4) is 0 Å². The van der Waals surface area contributed by atoms with Crippen LogP contribution in [0.5, 0.6) is 0 Å². The Hall–Kier alpha value is -1.25. The van der Waals surface area contributed by atoms with Gasteiger partial charge in [0.2, 0.25) is 0 Å². The lowest BCUT2D eigenvalue weighted by Crippen LogP contribution is -2.39. The maximum atomic E-state index is 11.4. The van der Waals surface area contributed by atoms with E-state index in [1.165, 1.54) is 6.42 Å². The van der Waals surface area contributed by atoms with E-state index < -0.39 is 0 Å². The SMILES string of the molecule is O=C(NC1CCC1)c1cc[nH]c1. The predicted octanol–water partition coefficient (Wildman–Crippen LogP) is 1.30. The molecule has 1 heterocycles. The third-order valence-corrected chi connectivity index (χ3v) is 2.30. The summed E-state index contributed by atoms with van der Waals surface area (Å²) in [6, 6.07) is 2.21. The van der Waals surface area contributed by atoms with Gasteiger partial charge in [-0.3, -0.25) is 4.79 Å². The first-order valence-corrected chi connectivity index (χ1v) is 4.30. The number of aromatic nitrogens is 1. The lowest BCUT2D eigenvalue weighted by Gasteiger charge is -2.26. The maximum Gasteiger partial charge on any atom is 0.253 e. The van der Waals surface area contributed by atoms with Crippen molar-refractivity contribution in [2.75, 3.05) is 0 Å². The van der Waals surface area contributed by atoms with Crippen LogP contribution < -0.4 is 5.32 Å². The van der Waals surface area contributed by atoms with Gasteiger partial charge in [0.05, 0.1) is 5.56 Å². The van der Waals surface area contributed by atoms with Crippen LogP contribution in [0, 0.1) is 0 Å². The van der Waals surface area contributed by atoms with E-state index >= 15 is 0 Å². The number of hydrogen-bond acceptors (Lipinski definition) is 1. The predicted molar refractivity (Wildman–Crippen MR) is 45.9 cm³/mol. The van der Waals surface area contributed by atoms with Crippen LogP contribution in [0.2, 0.25) is 0 Å². The second-order valence-electron chi connectivity index (χ2n) is 3.20. The average Bonchev–Trinajstić information content (AvgIpc) is 2.47. The largest absolute Gasteiger partial charge is 0.367 e. The van der Waals surface area contributed by atoms with Crippen LogP contribution in [0.4, 0.5) is 0 Å². The van der Waals surface area contributed by atoms with Gasteiger partial charge in [-0.25, -0.2) is 0 Å². The van der Waals surface area contributed by atoms with Crippen LogP contribution in [0.1, 0.15) is 29.6 Å². The van der Waals surface area contributed by atoms with Gasteiger partial charge in [-0.1, -0.05) is 0 Å². The van der Waals surface area contributed by atoms with Crippen LogP contribution in [0.3, 0.4) is 0 Å². The van der Waals surface area contributed by atoms with Crippen molar-refractivity contribution in [3.05, 3.63) is 24.0 Å². The highest BCUT2D eigenvalue weighted by Gasteiger charge is 2.19. The molecule has 0 bridgehead atoms. The highest BCUT2D eigenvalue weighted by Crippen LogP contribution is 2.18. The zero-order chi connectivity index (χ0) is 8.39. The Morgan fingerprint density at radius 3 is 2.92 bits per heavy atom. The van der Waals surface area contributed by atoms with Gasteiger partial charge in [0, 0.05) is 18.4 Å². The van der Waals surface area contributed by atoms with Gasteiger partial charge in [-0.2, -0.15) is 0 Å². The van der Waals surface area contributed by atoms with Crippen LogP contribution in [-0.2, 0) is 0 Å². The summed E-state index contributed by atoms with van der Waals surface area (Å²) in [5.41, 5.74) is 0.724. The standard InChI is InChI=1S/C9H12N2O/c12-9(7-4-5-10-6-7)11-8-2-1-3-8/h4-6,8,10H,1-3H2,(H,11,12). The van der Waals surface area contributed by atoms with Crippen LogP contribution >= 0.6 is 0 Å². The van der Waals surface area contributed by atoms with E-state index in [4.69, 9.17) is 0 Å². The number of nitrogens with one attached hydrogen (secondary N) is 2. The number of amides is 1. The van der Waals surface area contributed by atoms with Gasteiger partial charge in [0.15, 0.2) is 0 Å². The molecule has 1 aliphatic carbocycles. The molecule has 0 spiro atoms. The zero-order valence-electron chi connectivity index (χ0n) is 6.84. The molecular weight excluding hydrogens is 152 g/mol. The van der Waals surface area contributed by atoms with Gasteiger partial charge >= 0.3 is 0 Å². The molecule has 0 saturated heterocycles. The molecule has 1 aliphatic rings. The molecule has 1 amide bonds. The summed E-state index contributed by atoms with van der Waals surface area (Å²) in [7, 11) is 0. The fraction of sp³-hybridized carbons (Fsp3) is 0.444. The lowest BCUT2D eigenvalue weighted by atomic mass is 9.93. The van der Waals surface area contributed by atoms with E-state index in [0.29, 0.717) is 6.04 Å². The minimum Gasteiger partial charge on any atom is -0.367 e. The second-order valence-corrected chi connectivity index (χ2v) is 3.20. The van der Waals surface area contributed by atoms with Gasteiger partial charge in [-0.05, 0) is 25.3 Å². The molecule has 3 nitrogen and oxygen atoms in total. The first-order chi connectivity index (χ1) is 5.86. The van der Waals surface area contributed by atoms with E-state index in [1.54, 1.807) is 18.5 Å². The van der Waals surface area contributed by atoms with E-state index in [1.807, 2.05) is 0 Å². The fourth-order valence-electron chi connectivity index (χ4n) is 1.29. The van der Waals surface area contributed by atoms with Crippen molar-refractivity contribution in [1.82, 2.24) is 10.3 Å². The molecule has 0 unspecified atom stereocenters. The van der Waals surface area contributed by atoms with Crippen LogP contribution in [-0.4, -0.2) is 16.9 Å². The first-order valence-electron chi connectivity index (χ1n) is 4.30. The quantitative estimate of drug-likeness (QED) is 0.679. The van der Waals surface area contributed by atoms with Gasteiger partial charge in [-0.15, -0.1) is 0 Å². The third kappa shape index (κ3) is 1.35. The monoisotopic (exact) mass is 164 g/mol. The van der Waals surface area contributed by atoms with Crippen molar-refractivity contribution in [3.63, 3.8) is 0 Å². The fourth-order valence-corrected chi connectivity index (χ4v) is 1.29. The molecule has 2 N–H and O–H groups in total. The Bertz CT molecular complexity index is 262. The minimum atomic E-state index is 0.0425. The number of aromatic amines is 1. The Balaban J connectivity index is 1.92. The van der Waals surface area contributed by atoms with Gasteiger partial charge < -0.3 is 10.3 Å². The molecule has 12 heavy (non-hydrogen) atoms. The highest BCUT2D eigenvalue weighted by atomic mass is 16.1. The summed E-state index contributed by atoms with van der Waals surface area (Å²) in [4.78, 5) is 14.2. The van der Waals surface area contributed by atoms with E-state index in [0.717, 1.165) is 18.4 Å². The van der Waals surface area contributed by atoms with E-state index in [-0.39, 0.29) is 5.91 Å². The Morgan fingerprint density at radius 1 is 1.58 bits per heavy atom. The van der Waals surface area contributed by atoms with Crippen molar-refractivity contribution in [2.24, 2.45) is 0 Å². The van der Waals surface area contributed by atoms with Crippen molar-refractivity contribution < 1.29 is 4.79 Å². The summed E-state index contributed by atoms with van der Waals surface area (Å²) in [6.45, 7) is 0. The third-order valence-electron chi connectivity index (χ3n) is 2.30. The first kappa shape index (κ1) is 7.40. The number of carbonyl (C=O) groups excluding carboxylic acids is 1. The van der Waals surface area contributed by atoms with Crippen LogP contribution in [0.25, 0.3) is 0 Å². The molecule has 1 aromatic rings. The highest BCUT2D eigenvalue weighted by molar-refractivity contribution is 5.94. The zero-order valence-corrected chi connectivity index (χ0v) is 6.84. The van der Waals surface area contributed by atoms with E-state index in [9.17, 15) is 4.79 Å². The number of carbonyl (C=O) groups is 1. The Morgan fingerprint density at radius 2 is 2.42 bits per heavy atom. The molecule has 64 valence electrons. The molecule has 1 saturated carbocycles. The normalized spacial score (nSPS) is 17.0. The Labute approximate surface area is 71.2 Å². The molecule has 0 radical (unpaired) electrons. The summed E-state index contributed by atoms with van der Waals surface area (Å²) in [5.74, 6) is 0.0425. The average molecular weight is 164 g/mol. The summed E-state index contributed by atoms with van der Waals surface area (Å²) < 4.78 is 0. The summed E-state index contributed by atoms with van der Waals surface area (Å²) in [6.07, 6.45) is 6.99. The van der Waals surface area contributed by atoms with Crippen molar-refractivity contribution >= 4 is 5.91 Å². The van der Waals surface area contributed by atoms with Gasteiger partial charge in [0.1, 0.15) is 0 Å². The maximum absolute atomic E-state index is 11.4. The molecule has 1 fully saturated rings. The van der Waals surface area contributed by atoms with Crippen molar-refractivity contribution in [1.29, 1.82) is 0 Å². The smallest absolute Gasteiger partial charge is 0.253 e. The lowest BCUT2D eigenvalue weighted by molar-refractivity contribution is 0.0917. The van der Waals surface area contributed by atoms with Crippen molar-refractivity contribution in [2.45, 2.75) is 25.3 Å². The van der Waals surface area contributed by atoms with Gasteiger partial charge in [0.25, 0.3) is 5.91 Å². The Kier molecular flexibility index (Phi) is 1.86. The number of hydrogen-bond donors (Lipinski definition) is 2. The summed E-state index contributed by atoms with van der Waals surface area (Å²) >= 11 is 0. The molecule has 3 heteroatoms. The second kappa shape index (κ2) is 3.01. The molecule has 2 rings (SSSR count). The molecular formula is C9H12N2O. The number of H-pyrrole nitrogens is 1. The minimum absolute atomic E-state index is 0.0425. The molecule has 0 aliphatic heterocycles. The number of rotatable bonds is 2. The molecule has 0 atom stereocenters.